The molecule has 0 radical (unpaired) electrons. The molecule has 14 nitrogen and oxygen atoms in total. The fourth-order valence-corrected chi connectivity index (χ4v) is 15.1. The maximum absolute atomic E-state index is 11.8. The average molecular weight is 850 g/mol. The summed E-state index contributed by atoms with van der Waals surface area (Å²) in [6, 6.07) is 1.52. The Morgan fingerprint density at radius 2 is 1.40 bits per heavy atom. The Kier molecular flexibility index (Phi) is 12.7. The van der Waals surface area contributed by atoms with Crippen LogP contribution in [0, 0.1) is 58.7 Å². The standard InChI is InChI=1S/C46H75NO13/c1-20-5-10-31-21(2)35-28-8-9-30-27(29(28)16-32(35)47(31)17-20)7-6-25-15-26(11-12-46(25,30)4)58-34-14-24(19-49)38(52)44(59-33-13-23(18-48)37(51)41(55)39(33)53)43(34)60-45-42(56)40(54)36(50)22(3)57-45/h6,20-24,26-45,48-56H,5,7-19H2,1-4H3. The Morgan fingerprint density at radius 3 is 2.15 bits per heavy atom. The smallest absolute Gasteiger partial charge is 0.187 e. The van der Waals surface area contributed by atoms with Gasteiger partial charge in [-0.1, -0.05) is 32.4 Å². The van der Waals surface area contributed by atoms with Gasteiger partial charge in [0, 0.05) is 43.7 Å². The Morgan fingerprint density at radius 1 is 0.683 bits per heavy atom. The summed E-state index contributed by atoms with van der Waals surface area (Å²) >= 11 is 0. The van der Waals surface area contributed by atoms with E-state index in [0.29, 0.717) is 11.8 Å². The number of aliphatic hydroxyl groups excluding tert-OH is 9. The van der Waals surface area contributed by atoms with Gasteiger partial charge in [0.2, 0.25) is 0 Å². The lowest BCUT2D eigenvalue weighted by atomic mass is 9.50. The predicted molar refractivity (Wildman–Crippen MR) is 217 cm³/mol. The third kappa shape index (κ3) is 7.40. The first-order chi connectivity index (χ1) is 28.6. The minimum atomic E-state index is -1.65. The van der Waals surface area contributed by atoms with Crippen molar-refractivity contribution < 1.29 is 64.9 Å². The maximum atomic E-state index is 11.8. The number of allylic oxidation sites excluding steroid dienone is 1. The van der Waals surface area contributed by atoms with Crippen LogP contribution in [0.15, 0.2) is 11.6 Å². The molecule has 6 aliphatic carbocycles. The largest absolute Gasteiger partial charge is 0.396 e. The van der Waals surface area contributed by atoms with Crippen LogP contribution in [0.1, 0.15) is 98.3 Å². The van der Waals surface area contributed by atoms with Crippen molar-refractivity contribution in [3.05, 3.63) is 11.6 Å². The van der Waals surface area contributed by atoms with Crippen LogP contribution in [-0.2, 0) is 18.9 Å². The number of piperidine rings is 1. The zero-order valence-electron chi connectivity index (χ0n) is 36.0. The highest BCUT2D eigenvalue weighted by Gasteiger charge is 2.62. The van der Waals surface area contributed by atoms with Gasteiger partial charge >= 0.3 is 0 Å². The van der Waals surface area contributed by atoms with Crippen LogP contribution in [0.4, 0.5) is 0 Å². The molecule has 26 unspecified atom stereocenters. The third-order valence-corrected chi connectivity index (χ3v) is 18.5. The molecule has 0 aromatic rings. The Hall–Kier alpha value is -0.820. The molecule has 9 rings (SSSR count). The van der Waals surface area contributed by atoms with E-state index in [4.69, 9.17) is 18.9 Å². The van der Waals surface area contributed by atoms with Crippen molar-refractivity contribution in [3.63, 3.8) is 0 Å². The summed E-state index contributed by atoms with van der Waals surface area (Å²) in [4.78, 5) is 2.95. The topological polar surface area (TPSA) is 222 Å². The van der Waals surface area contributed by atoms with Crippen LogP contribution in [0.25, 0.3) is 0 Å². The first kappa shape index (κ1) is 44.4. The molecule has 0 spiro atoms. The van der Waals surface area contributed by atoms with Crippen LogP contribution in [0.3, 0.4) is 0 Å². The first-order valence-electron chi connectivity index (χ1n) is 23.7. The van der Waals surface area contributed by atoms with Gasteiger partial charge in [-0.3, -0.25) is 4.90 Å². The van der Waals surface area contributed by atoms with E-state index < -0.39 is 105 Å². The molecular weight excluding hydrogens is 774 g/mol. The molecule has 14 heteroatoms. The Bertz CT molecular complexity index is 1540. The van der Waals surface area contributed by atoms with Crippen molar-refractivity contribution in [3.8, 4) is 0 Å². The Balaban J connectivity index is 0.943. The van der Waals surface area contributed by atoms with E-state index in [9.17, 15) is 46.0 Å². The number of nitrogens with zero attached hydrogens (tertiary/aromatic N) is 1. The van der Waals surface area contributed by atoms with Crippen LogP contribution in [0.2, 0.25) is 0 Å². The molecule has 3 saturated heterocycles. The quantitative estimate of drug-likeness (QED) is 0.156. The van der Waals surface area contributed by atoms with Crippen molar-refractivity contribution in [2.75, 3.05) is 19.8 Å². The van der Waals surface area contributed by atoms with Crippen molar-refractivity contribution >= 4 is 0 Å². The van der Waals surface area contributed by atoms with E-state index in [2.05, 4.69) is 31.7 Å². The van der Waals surface area contributed by atoms with Gasteiger partial charge in [-0.05, 0) is 124 Å². The zero-order chi connectivity index (χ0) is 42.5. The third-order valence-electron chi connectivity index (χ3n) is 18.5. The van der Waals surface area contributed by atoms with E-state index >= 15 is 0 Å². The highest BCUT2D eigenvalue weighted by atomic mass is 16.7. The number of hydrogen-bond donors (Lipinski definition) is 9. The monoisotopic (exact) mass is 850 g/mol. The highest BCUT2D eigenvalue weighted by molar-refractivity contribution is 5.26. The molecule has 0 amide bonds. The van der Waals surface area contributed by atoms with Crippen molar-refractivity contribution in [2.24, 2.45) is 58.7 Å². The minimum Gasteiger partial charge on any atom is -0.396 e. The molecule has 60 heavy (non-hydrogen) atoms. The van der Waals surface area contributed by atoms with Gasteiger partial charge in [-0.2, -0.15) is 0 Å². The lowest BCUT2D eigenvalue weighted by molar-refractivity contribution is -0.338. The first-order valence-corrected chi connectivity index (χ1v) is 23.7. The van der Waals surface area contributed by atoms with Gasteiger partial charge in [0.1, 0.15) is 42.7 Å². The van der Waals surface area contributed by atoms with Crippen LogP contribution in [0.5, 0.6) is 0 Å². The Labute approximate surface area is 355 Å². The van der Waals surface area contributed by atoms with Crippen molar-refractivity contribution in [2.45, 2.75) is 196 Å². The second-order valence-electron chi connectivity index (χ2n) is 21.5. The van der Waals surface area contributed by atoms with Crippen molar-refractivity contribution in [1.29, 1.82) is 0 Å². The molecule has 9 N–H and O–H groups in total. The van der Waals surface area contributed by atoms with E-state index in [0.717, 1.165) is 67.4 Å². The SMILES string of the molecule is CC1CCC2C(C)C3C4CCC5C(CC=C6CC(OC7CC(CO)C(O)C(OC8CC(CO)C(O)C(O)C8O)C7OC7OC(C)C(O)C(O)C7O)CCC65C)C4CC3N2C1. The summed E-state index contributed by atoms with van der Waals surface area (Å²) < 4.78 is 25.8. The minimum absolute atomic E-state index is 0.0386. The summed E-state index contributed by atoms with van der Waals surface area (Å²) in [7, 11) is 0. The molecule has 3 aliphatic heterocycles. The molecule has 3 heterocycles. The van der Waals surface area contributed by atoms with E-state index in [-0.39, 0.29) is 24.4 Å². The summed E-state index contributed by atoms with van der Waals surface area (Å²) in [6.07, 6.45) is -4.50. The molecule has 8 fully saturated rings. The second-order valence-corrected chi connectivity index (χ2v) is 21.5. The molecule has 0 bridgehead atoms. The van der Waals surface area contributed by atoms with E-state index in [1.165, 1.54) is 44.2 Å². The van der Waals surface area contributed by atoms with Gasteiger partial charge in [0.15, 0.2) is 6.29 Å². The second kappa shape index (κ2) is 17.2. The highest BCUT2D eigenvalue weighted by Crippen LogP contribution is 2.65. The summed E-state index contributed by atoms with van der Waals surface area (Å²) in [6.45, 7) is 9.43. The van der Waals surface area contributed by atoms with Crippen molar-refractivity contribution in [1.82, 2.24) is 4.90 Å². The number of aliphatic hydroxyl groups is 9. The number of ether oxygens (including phenoxy) is 4. The normalized spacial score (nSPS) is 56.8. The average Bonchev–Trinajstić information content (AvgIpc) is 3.75. The summed E-state index contributed by atoms with van der Waals surface area (Å²) in [5.41, 5.74) is 1.52. The van der Waals surface area contributed by atoms with Crippen LogP contribution >= 0.6 is 0 Å². The molecule has 5 saturated carbocycles. The molecule has 0 aromatic heterocycles. The molecular formula is C46H75NO13. The summed E-state index contributed by atoms with van der Waals surface area (Å²) in [5, 5.41) is 96.7. The number of fused-ring (bicyclic) bond motifs is 9. The molecule has 342 valence electrons. The van der Waals surface area contributed by atoms with Gasteiger partial charge in [-0.15, -0.1) is 0 Å². The zero-order valence-corrected chi connectivity index (χ0v) is 36.0. The molecule has 0 aromatic carbocycles. The number of hydrogen-bond acceptors (Lipinski definition) is 14. The molecule has 26 atom stereocenters. The maximum Gasteiger partial charge on any atom is 0.187 e. The van der Waals surface area contributed by atoms with E-state index in [1.54, 1.807) is 6.92 Å². The lowest BCUT2D eigenvalue weighted by Crippen LogP contribution is -2.64. The fourth-order valence-electron chi connectivity index (χ4n) is 15.1. The van der Waals surface area contributed by atoms with Gasteiger partial charge in [-0.25, -0.2) is 0 Å². The molecule has 9 aliphatic rings. The van der Waals surface area contributed by atoms with Gasteiger partial charge in [0.05, 0.1) is 36.6 Å². The van der Waals surface area contributed by atoms with Crippen LogP contribution in [-0.4, -0.2) is 168 Å². The lowest BCUT2D eigenvalue weighted by Gasteiger charge is -2.56. The fraction of sp³-hybridized carbons (Fsp3) is 0.957. The van der Waals surface area contributed by atoms with E-state index in [1.807, 2.05) is 0 Å². The number of rotatable bonds is 8. The van der Waals surface area contributed by atoms with Crippen LogP contribution < -0.4 is 0 Å². The van der Waals surface area contributed by atoms with Gasteiger partial charge in [0.25, 0.3) is 0 Å². The summed E-state index contributed by atoms with van der Waals surface area (Å²) in [5.74, 6) is 3.82. The predicted octanol–water partition coefficient (Wildman–Crippen LogP) is 1.09. The van der Waals surface area contributed by atoms with Gasteiger partial charge < -0.3 is 64.9 Å².